The molecule has 234 valence electrons. The van der Waals surface area contributed by atoms with E-state index in [1.165, 1.54) is 61.5 Å². The average Bonchev–Trinajstić information content (AvgIpc) is 2.99. The zero-order chi connectivity index (χ0) is 32.9. The molecule has 4 rings (SSSR count). The summed E-state index contributed by atoms with van der Waals surface area (Å²) < 4.78 is 67.4. The summed E-state index contributed by atoms with van der Waals surface area (Å²) in [5.74, 6) is -0.960. The van der Waals surface area contributed by atoms with E-state index in [1.807, 2.05) is 0 Å². The molecule has 0 radical (unpaired) electrons. The van der Waals surface area contributed by atoms with E-state index in [2.05, 4.69) is 17.2 Å². The van der Waals surface area contributed by atoms with Crippen LogP contribution in [0.15, 0.2) is 107 Å². The fourth-order valence-corrected chi connectivity index (χ4v) is 6.20. The van der Waals surface area contributed by atoms with Crippen LogP contribution in [-0.4, -0.2) is 30.0 Å². The third-order valence-electron chi connectivity index (χ3n) is 7.03. The number of anilines is 1. The minimum atomic E-state index is -4.61. The third kappa shape index (κ3) is 7.76. The van der Waals surface area contributed by atoms with Gasteiger partial charge in [0.1, 0.15) is 5.56 Å². The molecule has 0 saturated carbocycles. The molecule has 0 aliphatic heterocycles. The number of aromatic nitrogens is 1. The number of aryl methyl sites for hydroxylation is 1. The summed E-state index contributed by atoms with van der Waals surface area (Å²) in [7, 11) is -3.81. The number of sulfone groups is 1. The van der Waals surface area contributed by atoms with Gasteiger partial charge >= 0.3 is 6.18 Å². The van der Waals surface area contributed by atoms with Gasteiger partial charge in [-0.3, -0.25) is 19.0 Å². The molecule has 12 heteroatoms. The molecule has 2 N–H and O–H groups in total. The van der Waals surface area contributed by atoms with Crippen LogP contribution in [0.1, 0.15) is 39.7 Å². The van der Waals surface area contributed by atoms with Crippen molar-refractivity contribution in [1.82, 2.24) is 9.88 Å². The molecular weight excluding hydrogens is 607 g/mol. The van der Waals surface area contributed by atoms with Gasteiger partial charge in [0.15, 0.2) is 9.84 Å². The molecule has 0 aliphatic carbocycles. The van der Waals surface area contributed by atoms with Crippen LogP contribution in [0, 0.1) is 6.92 Å². The van der Waals surface area contributed by atoms with Crippen molar-refractivity contribution in [3.8, 4) is 5.69 Å². The summed E-state index contributed by atoms with van der Waals surface area (Å²) in [5.41, 5.74) is 0.214. The summed E-state index contributed by atoms with van der Waals surface area (Å²) in [6.45, 7) is 6.58. The highest BCUT2D eigenvalue weighted by Crippen LogP contribution is 2.30. The molecule has 3 aromatic carbocycles. The molecule has 1 heterocycles. The third-order valence-corrected chi connectivity index (χ3v) is 9.12. The Kier molecular flexibility index (Phi) is 9.77. The van der Waals surface area contributed by atoms with Crippen molar-refractivity contribution in [2.75, 3.05) is 5.32 Å². The topological polar surface area (TPSA) is 114 Å². The fraction of sp³-hybridized carbons (Fsp3) is 0.182. The highest BCUT2D eigenvalue weighted by Gasteiger charge is 2.31. The van der Waals surface area contributed by atoms with E-state index in [4.69, 9.17) is 0 Å². The normalized spacial score (nSPS) is 12.3. The van der Waals surface area contributed by atoms with Crippen molar-refractivity contribution in [3.05, 3.63) is 136 Å². The number of benzene rings is 3. The molecule has 0 bridgehead atoms. The Morgan fingerprint density at radius 3 is 2.20 bits per heavy atom. The second-order valence-electron chi connectivity index (χ2n) is 10.3. The van der Waals surface area contributed by atoms with Crippen LogP contribution in [0.3, 0.4) is 0 Å². The Hall–Kier alpha value is -4.97. The molecule has 4 aromatic rings. The average molecular weight is 638 g/mol. The maximum absolute atomic E-state index is 13.3. The molecule has 2 amide bonds. The maximum Gasteiger partial charge on any atom is 0.416 e. The van der Waals surface area contributed by atoms with Crippen LogP contribution in [0.4, 0.5) is 18.9 Å². The number of hydrogen-bond acceptors (Lipinski definition) is 5. The van der Waals surface area contributed by atoms with E-state index < -0.39 is 38.3 Å². The maximum atomic E-state index is 13.3. The number of hydrogen-bond donors (Lipinski definition) is 2. The van der Waals surface area contributed by atoms with Crippen molar-refractivity contribution in [2.45, 2.75) is 43.1 Å². The summed E-state index contributed by atoms with van der Waals surface area (Å²) in [6.07, 6.45) is -3.08. The van der Waals surface area contributed by atoms with E-state index in [0.717, 1.165) is 22.3 Å². The predicted octanol–water partition coefficient (Wildman–Crippen LogP) is 5.62. The molecule has 1 aromatic heterocycles. The Morgan fingerprint density at radius 1 is 0.956 bits per heavy atom. The first-order chi connectivity index (χ1) is 21.2. The lowest BCUT2D eigenvalue weighted by Gasteiger charge is -2.15. The smallest absolute Gasteiger partial charge is 0.348 e. The second kappa shape index (κ2) is 13.3. The lowest BCUT2D eigenvalue weighted by molar-refractivity contribution is -0.137. The highest BCUT2D eigenvalue weighted by atomic mass is 32.2. The van der Waals surface area contributed by atoms with Crippen molar-refractivity contribution in [3.63, 3.8) is 0 Å². The first kappa shape index (κ1) is 32.9. The van der Waals surface area contributed by atoms with E-state index >= 15 is 0 Å². The van der Waals surface area contributed by atoms with Gasteiger partial charge in [0.25, 0.3) is 11.5 Å². The quantitative estimate of drug-likeness (QED) is 0.219. The zero-order valence-corrected chi connectivity index (χ0v) is 25.2. The number of nitrogens with zero attached hydrogens (tertiary/aromatic N) is 1. The van der Waals surface area contributed by atoms with Gasteiger partial charge < -0.3 is 10.6 Å². The summed E-state index contributed by atoms with van der Waals surface area (Å²) in [5, 5.41) is 4.34. The van der Waals surface area contributed by atoms with Gasteiger partial charge in [0.05, 0.1) is 15.7 Å². The number of rotatable bonds is 10. The largest absolute Gasteiger partial charge is 0.416 e. The number of carbonyl (C=O) groups excluding carboxylic acids is 2. The van der Waals surface area contributed by atoms with Gasteiger partial charge in [-0.05, 0) is 79.1 Å². The van der Waals surface area contributed by atoms with Crippen LogP contribution in [0.25, 0.3) is 5.69 Å². The molecule has 0 saturated heterocycles. The monoisotopic (exact) mass is 637 g/mol. The summed E-state index contributed by atoms with van der Waals surface area (Å²) >= 11 is 0. The highest BCUT2D eigenvalue weighted by molar-refractivity contribution is 7.92. The molecule has 45 heavy (non-hydrogen) atoms. The molecule has 0 spiro atoms. The number of nitrogens with one attached hydrogen (secondary N) is 2. The van der Waals surface area contributed by atoms with E-state index in [0.29, 0.717) is 16.9 Å². The minimum Gasteiger partial charge on any atom is -0.348 e. The van der Waals surface area contributed by atoms with E-state index in [-0.39, 0.29) is 35.0 Å². The van der Waals surface area contributed by atoms with Crippen molar-refractivity contribution in [2.24, 2.45) is 0 Å². The van der Waals surface area contributed by atoms with Crippen LogP contribution in [-0.2, 0) is 33.8 Å². The Bertz CT molecular complexity index is 1900. The number of halogens is 3. The molecule has 1 atom stereocenters. The van der Waals surface area contributed by atoms with Crippen molar-refractivity contribution >= 4 is 27.3 Å². The SMILES string of the molecule is C=CC(Cc1ccc(NC(C)=O)cc1)S(=O)(=O)c1ccc(CNC(=O)c2ccc(C)n(-c3cccc(C(F)(F)F)c3)c2=O)cc1. The lowest BCUT2D eigenvalue weighted by atomic mass is 10.1. The number of alkyl halides is 3. The second-order valence-corrected chi connectivity index (χ2v) is 12.5. The molecule has 1 unspecified atom stereocenters. The van der Waals surface area contributed by atoms with Crippen LogP contribution < -0.4 is 16.2 Å². The summed E-state index contributed by atoms with van der Waals surface area (Å²) in [6, 6.07) is 19.8. The van der Waals surface area contributed by atoms with Crippen molar-refractivity contribution in [1.29, 1.82) is 0 Å². The Balaban J connectivity index is 1.46. The van der Waals surface area contributed by atoms with Crippen LogP contribution >= 0.6 is 0 Å². The van der Waals surface area contributed by atoms with Gasteiger partial charge in [-0.1, -0.05) is 36.4 Å². The van der Waals surface area contributed by atoms with Gasteiger partial charge in [-0.15, -0.1) is 6.58 Å². The number of pyridine rings is 1. The van der Waals surface area contributed by atoms with Gasteiger partial charge in [0.2, 0.25) is 5.91 Å². The van der Waals surface area contributed by atoms with Gasteiger partial charge in [0, 0.05) is 30.5 Å². The van der Waals surface area contributed by atoms with Gasteiger partial charge in [-0.2, -0.15) is 13.2 Å². The molecule has 8 nitrogen and oxygen atoms in total. The summed E-state index contributed by atoms with van der Waals surface area (Å²) in [4.78, 5) is 37.4. The predicted molar refractivity (Wildman–Crippen MR) is 165 cm³/mol. The van der Waals surface area contributed by atoms with Gasteiger partial charge in [-0.25, -0.2) is 8.42 Å². The minimum absolute atomic E-state index is 0.0291. The number of carbonyl (C=O) groups is 2. The lowest BCUT2D eigenvalue weighted by Crippen LogP contribution is -2.33. The number of amides is 2. The van der Waals surface area contributed by atoms with E-state index in [9.17, 15) is 36.0 Å². The Labute approximate surface area is 258 Å². The van der Waals surface area contributed by atoms with Crippen LogP contribution in [0.5, 0.6) is 0 Å². The molecule has 0 fully saturated rings. The standard InChI is InChI=1S/C33H30F3N3O5S/c1-4-28(18-23-9-13-26(14-10-23)38-22(3)40)45(43,44)29-15-11-24(12-16-29)20-37-31(41)30-17-8-21(2)39(32(30)42)27-7-5-6-25(19-27)33(34,35)36/h4-17,19,28H,1,18,20H2,2-3H3,(H,37,41)(H,38,40). The first-order valence-electron chi connectivity index (χ1n) is 13.7. The van der Waals surface area contributed by atoms with Crippen LogP contribution in [0.2, 0.25) is 0 Å². The first-order valence-corrected chi connectivity index (χ1v) is 15.3. The van der Waals surface area contributed by atoms with E-state index in [1.54, 1.807) is 31.2 Å². The Morgan fingerprint density at radius 2 is 1.60 bits per heavy atom. The molecule has 0 aliphatic rings. The zero-order valence-electron chi connectivity index (χ0n) is 24.4. The van der Waals surface area contributed by atoms with Crippen molar-refractivity contribution < 1.29 is 31.2 Å². The molecular formula is C33H30F3N3O5S. The fourth-order valence-electron chi connectivity index (χ4n) is 4.67.